The summed E-state index contributed by atoms with van der Waals surface area (Å²) in [5.74, 6) is -1.14. The number of aryl methyl sites for hydroxylation is 2. The third kappa shape index (κ3) is 2.69. The molecule has 0 spiro atoms. The van der Waals surface area contributed by atoms with Gasteiger partial charge in [0.15, 0.2) is 0 Å². The quantitative estimate of drug-likeness (QED) is 0.907. The number of piperidine rings is 1. The number of carbonyl (C=O) groups is 2. The fourth-order valence-electron chi connectivity index (χ4n) is 2.63. The van der Waals surface area contributed by atoms with E-state index in [1.54, 1.807) is 10.7 Å². The average Bonchev–Trinajstić information content (AvgIpc) is 2.89. The van der Waals surface area contributed by atoms with E-state index in [9.17, 15) is 14.7 Å². The molecule has 110 valence electrons. The molecule has 1 aliphatic rings. The molecule has 1 saturated heterocycles. The summed E-state index contributed by atoms with van der Waals surface area (Å²) in [6, 6.07) is 1.07. The molecule has 1 aromatic heterocycles. The summed E-state index contributed by atoms with van der Waals surface area (Å²) in [6.45, 7) is 5.02. The molecule has 0 saturated carbocycles. The highest BCUT2D eigenvalue weighted by atomic mass is 16.4. The van der Waals surface area contributed by atoms with Crippen molar-refractivity contribution in [3.63, 3.8) is 0 Å². The number of carboxylic acids is 1. The van der Waals surface area contributed by atoms with Gasteiger partial charge in [0.1, 0.15) is 11.7 Å². The van der Waals surface area contributed by atoms with E-state index in [0.29, 0.717) is 25.2 Å². The van der Waals surface area contributed by atoms with Crippen LogP contribution in [0.15, 0.2) is 6.07 Å². The van der Waals surface area contributed by atoms with Crippen molar-refractivity contribution >= 4 is 11.9 Å². The largest absolute Gasteiger partial charge is 0.480 e. The molecular formula is C14H21N3O3. The maximum absolute atomic E-state index is 12.6. The first-order chi connectivity index (χ1) is 9.58. The van der Waals surface area contributed by atoms with Gasteiger partial charge in [-0.05, 0) is 38.7 Å². The Kier molecular flexibility index (Phi) is 4.42. The zero-order valence-electron chi connectivity index (χ0n) is 12.0. The van der Waals surface area contributed by atoms with Gasteiger partial charge in [0.2, 0.25) is 0 Å². The molecule has 6 heteroatoms. The van der Waals surface area contributed by atoms with Crippen LogP contribution in [0.1, 0.15) is 49.3 Å². The van der Waals surface area contributed by atoms with Crippen LogP contribution in [0.25, 0.3) is 0 Å². The van der Waals surface area contributed by atoms with Gasteiger partial charge in [0, 0.05) is 13.1 Å². The topological polar surface area (TPSA) is 75.4 Å². The van der Waals surface area contributed by atoms with Crippen LogP contribution >= 0.6 is 0 Å². The number of carboxylic acid groups (broad SMARTS) is 1. The Labute approximate surface area is 118 Å². The number of amides is 1. The lowest BCUT2D eigenvalue weighted by atomic mass is 10.0. The minimum Gasteiger partial charge on any atom is -0.480 e. The lowest BCUT2D eigenvalue weighted by molar-refractivity contribution is -0.143. The summed E-state index contributed by atoms with van der Waals surface area (Å²) in [5, 5.41) is 13.6. The first kappa shape index (κ1) is 14.6. The molecule has 1 amide bonds. The third-order valence-electron chi connectivity index (χ3n) is 3.76. The second kappa shape index (κ2) is 6.07. The second-order valence-electron chi connectivity index (χ2n) is 5.04. The van der Waals surface area contributed by atoms with Crippen LogP contribution in [0.5, 0.6) is 0 Å². The van der Waals surface area contributed by atoms with E-state index in [0.717, 1.165) is 25.0 Å². The summed E-state index contributed by atoms with van der Waals surface area (Å²) in [6.07, 6.45) is 3.00. The minimum atomic E-state index is -0.920. The van der Waals surface area contributed by atoms with E-state index in [1.807, 2.05) is 13.8 Å². The summed E-state index contributed by atoms with van der Waals surface area (Å²) in [7, 11) is 0. The molecule has 0 aromatic carbocycles. The SMILES string of the molecule is CCc1cc(C(=O)N2CCCCC2C(=O)O)n(CC)n1. The standard InChI is InChI=1S/C14H21N3O3/c1-3-10-9-12(17(4-2)15-10)13(18)16-8-6-5-7-11(16)14(19)20/h9,11H,3-8H2,1-2H3,(H,19,20). The van der Waals surface area contributed by atoms with Gasteiger partial charge in [0.05, 0.1) is 5.69 Å². The Morgan fingerprint density at radius 2 is 2.15 bits per heavy atom. The Balaban J connectivity index is 2.29. The number of hydrogen-bond donors (Lipinski definition) is 1. The maximum atomic E-state index is 12.6. The van der Waals surface area contributed by atoms with Crippen molar-refractivity contribution < 1.29 is 14.7 Å². The van der Waals surface area contributed by atoms with Gasteiger partial charge in [-0.25, -0.2) is 4.79 Å². The van der Waals surface area contributed by atoms with E-state index in [2.05, 4.69) is 5.10 Å². The Bertz CT molecular complexity index is 510. The van der Waals surface area contributed by atoms with E-state index < -0.39 is 12.0 Å². The number of carbonyl (C=O) groups excluding carboxylic acids is 1. The zero-order valence-corrected chi connectivity index (χ0v) is 12.0. The van der Waals surface area contributed by atoms with Crippen LogP contribution in [0.2, 0.25) is 0 Å². The second-order valence-corrected chi connectivity index (χ2v) is 5.04. The minimum absolute atomic E-state index is 0.217. The fraction of sp³-hybridized carbons (Fsp3) is 0.643. The maximum Gasteiger partial charge on any atom is 0.326 e. The van der Waals surface area contributed by atoms with Crippen molar-refractivity contribution in [3.8, 4) is 0 Å². The number of nitrogens with zero attached hydrogens (tertiary/aromatic N) is 3. The van der Waals surface area contributed by atoms with Crippen molar-refractivity contribution in [2.45, 2.75) is 52.1 Å². The summed E-state index contributed by atoms with van der Waals surface area (Å²) in [5.41, 5.74) is 1.36. The van der Waals surface area contributed by atoms with Gasteiger partial charge in [-0.1, -0.05) is 6.92 Å². The van der Waals surface area contributed by atoms with Crippen molar-refractivity contribution in [2.75, 3.05) is 6.54 Å². The van der Waals surface area contributed by atoms with Crippen molar-refractivity contribution in [3.05, 3.63) is 17.5 Å². The molecule has 20 heavy (non-hydrogen) atoms. The van der Waals surface area contributed by atoms with Crippen molar-refractivity contribution in [1.29, 1.82) is 0 Å². The number of rotatable bonds is 4. The van der Waals surface area contributed by atoms with Gasteiger partial charge < -0.3 is 10.0 Å². The van der Waals surface area contributed by atoms with Crippen molar-refractivity contribution in [1.82, 2.24) is 14.7 Å². The summed E-state index contributed by atoms with van der Waals surface area (Å²) >= 11 is 0. The average molecular weight is 279 g/mol. The van der Waals surface area contributed by atoms with Crippen molar-refractivity contribution in [2.24, 2.45) is 0 Å². The highest BCUT2D eigenvalue weighted by Gasteiger charge is 2.33. The van der Waals surface area contributed by atoms with Gasteiger partial charge >= 0.3 is 5.97 Å². The molecule has 1 N–H and O–H groups in total. The molecule has 2 rings (SSSR count). The summed E-state index contributed by atoms with van der Waals surface area (Å²) < 4.78 is 1.66. The molecule has 1 aromatic rings. The van der Waals surface area contributed by atoms with Gasteiger partial charge in [0.25, 0.3) is 5.91 Å². The first-order valence-electron chi connectivity index (χ1n) is 7.19. The molecule has 1 unspecified atom stereocenters. The predicted octanol–water partition coefficient (Wildman–Crippen LogP) is 1.54. The third-order valence-corrected chi connectivity index (χ3v) is 3.76. The van der Waals surface area contributed by atoms with E-state index in [-0.39, 0.29) is 5.91 Å². The molecule has 1 atom stereocenters. The molecule has 0 radical (unpaired) electrons. The molecule has 1 aliphatic heterocycles. The van der Waals surface area contributed by atoms with E-state index >= 15 is 0 Å². The molecular weight excluding hydrogens is 258 g/mol. The summed E-state index contributed by atoms with van der Waals surface area (Å²) in [4.78, 5) is 25.4. The van der Waals surface area contributed by atoms with E-state index in [1.165, 1.54) is 4.90 Å². The lowest BCUT2D eigenvalue weighted by Crippen LogP contribution is -2.48. The van der Waals surface area contributed by atoms with Gasteiger partial charge in [-0.3, -0.25) is 9.48 Å². The Hall–Kier alpha value is -1.85. The normalized spacial score (nSPS) is 19.1. The predicted molar refractivity (Wildman–Crippen MR) is 73.6 cm³/mol. The lowest BCUT2D eigenvalue weighted by Gasteiger charge is -2.32. The van der Waals surface area contributed by atoms with Crippen LogP contribution in [-0.2, 0) is 17.8 Å². The van der Waals surface area contributed by atoms with Crippen LogP contribution < -0.4 is 0 Å². The molecule has 1 fully saturated rings. The number of aliphatic carboxylic acids is 1. The number of hydrogen-bond acceptors (Lipinski definition) is 3. The van der Waals surface area contributed by atoms with Crippen LogP contribution in [0, 0.1) is 0 Å². The fourth-order valence-corrected chi connectivity index (χ4v) is 2.63. The number of likely N-dealkylation sites (tertiary alicyclic amines) is 1. The molecule has 2 heterocycles. The van der Waals surface area contributed by atoms with E-state index in [4.69, 9.17) is 0 Å². The molecule has 0 aliphatic carbocycles. The Morgan fingerprint density at radius 3 is 2.75 bits per heavy atom. The smallest absolute Gasteiger partial charge is 0.326 e. The van der Waals surface area contributed by atoms with Gasteiger partial charge in [-0.2, -0.15) is 5.10 Å². The van der Waals surface area contributed by atoms with Crippen LogP contribution in [0.3, 0.4) is 0 Å². The molecule has 6 nitrogen and oxygen atoms in total. The first-order valence-corrected chi connectivity index (χ1v) is 7.19. The van der Waals surface area contributed by atoms with Gasteiger partial charge in [-0.15, -0.1) is 0 Å². The molecule has 0 bridgehead atoms. The number of aromatic nitrogens is 2. The highest BCUT2D eigenvalue weighted by molar-refractivity contribution is 5.95. The van der Waals surface area contributed by atoms with Crippen LogP contribution in [-0.4, -0.2) is 44.3 Å². The Morgan fingerprint density at radius 1 is 1.40 bits per heavy atom. The zero-order chi connectivity index (χ0) is 14.7. The highest BCUT2D eigenvalue weighted by Crippen LogP contribution is 2.20. The monoisotopic (exact) mass is 279 g/mol. The van der Waals surface area contributed by atoms with Crippen LogP contribution in [0.4, 0.5) is 0 Å².